The van der Waals surface area contributed by atoms with Crippen LogP contribution in [0.2, 0.25) is 0 Å². The average Bonchev–Trinajstić information content (AvgIpc) is 2.48. The van der Waals surface area contributed by atoms with E-state index in [0.717, 1.165) is 17.9 Å². The minimum atomic E-state index is 0.705. The third kappa shape index (κ3) is 4.46. The van der Waals surface area contributed by atoms with Crippen LogP contribution in [0.5, 0.6) is 0 Å². The highest BCUT2D eigenvalue weighted by atomic mass is 15.2. The van der Waals surface area contributed by atoms with Crippen molar-refractivity contribution in [2.24, 2.45) is 11.8 Å². The summed E-state index contributed by atoms with van der Waals surface area (Å²) in [5.74, 6) is 1.72. The summed E-state index contributed by atoms with van der Waals surface area (Å²) in [5.41, 5.74) is 0. The molecule has 2 rings (SSSR count). The summed E-state index contributed by atoms with van der Waals surface area (Å²) in [6.07, 6.45) is 11.5. The first-order valence-electron chi connectivity index (χ1n) is 9.19. The molecule has 0 aromatic rings. The molecule has 1 saturated heterocycles. The fraction of sp³-hybridized carbons (Fsp3) is 1.00. The van der Waals surface area contributed by atoms with Gasteiger partial charge in [0, 0.05) is 25.2 Å². The molecule has 1 aliphatic heterocycles. The molecule has 1 aliphatic carbocycles. The summed E-state index contributed by atoms with van der Waals surface area (Å²) >= 11 is 0. The molecule has 1 saturated carbocycles. The van der Waals surface area contributed by atoms with E-state index < -0.39 is 0 Å². The number of piperazine rings is 1. The lowest BCUT2D eigenvalue weighted by Crippen LogP contribution is -2.60. The van der Waals surface area contributed by atoms with Gasteiger partial charge in [0.15, 0.2) is 0 Å². The van der Waals surface area contributed by atoms with Gasteiger partial charge in [0.2, 0.25) is 0 Å². The molecule has 20 heavy (non-hydrogen) atoms. The van der Waals surface area contributed by atoms with E-state index in [1.54, 1.807) is 0 Å². The van der Waals surface area contributed by atoms with Crippen molar-refractivity contribution in [1.29, 1.82) is 0 Å². The van der Waals surface area contributed by atoms with Crippen molar-refractivity contribution in [2.75, 3.05) is 19.6 Å². The van der Waals surface area contributed by atoms with E-state index in [0.29, 0.717) is 6.04 Å². The number of hydrogen-bond donors (Lipinski definition) is 1. The third-order valence-corrected chi connectivity index (χ3v) is 5.54. The lowest BCUT2D eigenvalue weighted by molar-refractivity contribution is 0.0602. The molecule has 0 aromatic carbocycles. The van der Waals surface area contributed by atoms with Gasteiger partial charge < -0.3 is 5.32 Å². The van der Waals surface area contributed by atoms with Gasteiger partial charge in [-0.25, -0.2) is 0 Å². The summed E-state index contributed by atoms with van der Waals surface area (Å²) in [5, 5.41) is 3.84. The van der Waals surface area contributed by atoms with E-state index in [4.69, 9.17) is 0 Å². The smallest absolute Gasteiger partial charge is 0.0249 e. The summed E-state index contributed by atoms with van der Waals surface area (Å²) in [7, 11) is 0. The Kier molecular flexibility index (Phi) is 6.83. The number of unbranched alkanes of at least 4 members (excludes halogenated alkanes) is 2. The van der Waals surface area contributed by atoms with Gasteiger partial charge in [-0.1, -0.05) is 52.9 Å². The Bertz CT molecular complexity index is 258. The quantitative estimate of drug-likeness (QED) is 0.738. The van der Waals surface area contributed by atoms with Gasteiger partial charge in [-0.3, -0.25) is 4.90 Å². The number of nitrogens with one attached hydrogen (secondary N) is 1. The lowest BCUT2D eigenvalue weighted by atomic mass is 9.81. The SMILES string of the molecule is CCCCCN1CC(C(C)C)NCC1C1CCCCC1. The maximum absolute atomic E-state index is 3.84. The van der Waals surface area contributed by atoms with Crippen molar-refractivity contribution in [3.63, 3.8) is 0 Å². The topological polar surface area (TPSA) is 15.3 Å². The van der Waals surface area contributed by atoms with Crippen LogP contribution in [0.3, 0.4) is 0 Å². The standard InChI is InChI=1S/C18H36N2/c1-4-5-9-12-20-14-17(15(2)3)19-13-18(20)16-10-7-6-8-11-16/h15-19H,4-14H2,1-3H3. The molecule has 0 spiro atoms. The van der Waals surface area contributed by atoms with Crippen LogP contribution in [0.25, 0.3) is 0 Å². The van der Waals surface area contributed by atoms with Gasteiger partial charge in [-0.2, -0.15) is 0 Å². The zero-order chi connectivity index (χ0) is 14.4. The van der Waals surface area contributed by atoms with Gasteiger partial charge in [0.05, 0.1) is 0 Å². The summed E-state index contributed by atoms with van der Waals surface area (Å²) in [4.78, 5) is 2.85. The van der Waals surface area contributed by atoms with Crippen LogP contribution in [0.4, 0.5) is 0 Å². The Morgan fingerprint density at radius 2 is 1.85 bits per heavy atom. The van der Waals surface area contributed by atoms with E-state index in [9.17, 15) is 0 Å². The molecule has 0 amide bonds. The van der Waals surface area contributed by atoms with Gasteiger partial charge in [-0.05, 0) is 37.6 Å². The summed E-state index contributed by atoms with van der Waals surface area (Å²) in [6, 6.07) is 1.53. The fourth-order valence-corrected chi connectivity index (χ4v) is 4.11. The maximum atomic E-state index is 3.84. The molecule has 0 aromatic heterocycles. The van der Waals surface area contributed by atoms with Crippen molar-refractivity contribution in [2.45, 2.75) is 84.2 Å². The molecule has 2 unspecified atom stereocenters. The van der Waals surface area contributed by atoms with E-state index in [2.05, 4.69) is 31.0 Å². The van der Waals surface area contributed by atoms with Crippen molar-refractivity contribution >= 4 is 0 Å². The molecule has 2 aliphatic rings. The van der Waals surface area contributed by atoms with E-state index in [-0.39, 0.29) is 0 Å². The largest absolute Gasteiger partial charge is 0.311 e. The first-order chi connectivity index (χ1) is 9.72. The van der Waals surface area contributed by atoms with Crippen molar-refractivity contribution in [3.8, 4) is 0 Å². The first kappa shape index (κ1) is 16.3. The molecule has 118 valence electrons. The van der Waals surface area contributed by atoms with Crippen molar-refractivity contribution in [3.05, 3.63) is 0 Å². The van der Waals surface area contributed by atoms with Gasteiger partial charge in [-0.15, -0.1) is 0 Å². The Morgan fingerprint density at radius 1 is 1.10 bits per heavy atom. The Morgan fingerprint density at radius 3 is 2.50 bits per heavy atom. The van der Waals surface area contributed by atoms with Gasteiger partial charge in [0.25, 0.3) is 0 Å². The molecular weight excluding hydrogens is 244 g/mol. The first-order valence-corrected chi connectivity index (χ1v) is 9.19. The van der Waals surface area contributed by atoms with E-state index >= 15 is 0 Å². The van der Waals surface area contributed by atoms with Crippen LogP contribution >= 0.6 is 0 Å². The monoisotopic (exact) mass is 280 g/mol. The molecule has 2 atom stereocenters. The Balaban J connectivity index is 1.92. The van der Waals surface area contributed by atoms with Crippen LogP contribution in [0, 0.1) is 11.8 Å². The van der Waals surface area contributed by atoms with E-state index in [1.807, 2.05) is 0 Å². The van der Waals surface area contributed by atoms with Crippen LogP contribution < -0.4 is 5.32 Å². The van der Waals surface area contributed by atoms with Crippen LogP contribution in [-0.2, 0) is 0 Å². The summed E-state index contributed by atoms with van der Waals surface area (Å²) in [6.45, 7) is 10.9. The predicted octanol–water partition coefficient (Wildman–Crippen LogP) is 4.06. The molecule has 2 fully saturated rings. The summed E-state index contributed by atoms with van der Waals surface area (Å²) < 4.78 is 0. The molecule has 1 N–H and O–H groups in total. The van der Waals surface area contributed by atoms with Gasteiger partial charge >= 0.3 is 0 Å². The highest BCUT2D eigenvalue weighted by molar-refractivity contribution is 4.91. The second kappa shape index (κ2) is 8.38. The molecular formula is C18H36N2. The zero-order valence-corrected chi connectivity index (χ0v) is 14.0. The minimum absolute atomic E-state index is 0.705. The Labute approximate surface area is 126 Å². The number of rotatable bonds is 6. The second-order valence-electron chi connectivity index (χ2n) is 7.43. The molecule has 0 radical (unpaired) electrons. The fourth-order valence-electron chi connectivity index (χ4n) is 4.11. The van der Waals surface area contributed by atoms with E-state index in [1.165, 1.54) is 71.0 Å². The average molecular weight is 281 g/mol. The highest BCUT2D eigenvalue weighted by Crippen LogP contribution is 2.31. The lowest BCUT2D eigenvalue weighted by Gasteiger charge is -2.46. The Hall–Kier alpha value is -0.0800. The van der Waals surface area contributed by atoms with Crippen LogP contribution in [0.15, 0.2) is 0 Å². The molecule has 2 heteroatoms. The van der Waals surface area contributed by atoms with Crippen molar-refractivity contribution < 1.29 is 0 Å². The number of hydrogen-bond acceptors (Lipinski definition) is 2. The molecule has 2 nitrogen and oxygen atoms in total. The van der Waals surface area contributed by atoms with Gasteiger partial charge in [0.1, 0.15) is 0 Å². The minimum Gasteiger partial charge on any atom is -0.311 e. The molecule has 1 heterocycles. The normalized spacial score (nSPS) is 30.0. The third-order valence-electron chi connectivity index (χ3n) is 5.54. The number of nitrogens with zero attached hydrogens (tertiary/aromatic N) is 1. The zero-order valence-electron chi connectivity index (χ0n) is 14.0. The predicted molar refractivity (Wildman–Crippen MR) is 88.1 cm³/mol. The van der Waals surface area contributed by atoms with Crippen molar-refractivity contribution in [1.82, 2.24) is 10.2 Å². The van der Waals surface area contributed by atoms with Crippen LogP contribution in [0.1, 0.15) is 72.1 Å². The highest BCUT2D eigenvalue weighted by Gasteiger charge is 2.34. The maximum Gasteiger partial charge on any atom is 0.0249 e. The molecule has 0 bridgehead atoms. The second-order valence-corrected chi connectivity index (χ2v) is 7.43. The van der Waals surface area contributed by atoms with Crippen LogP contribution in [-0.4, -0.2) is 36.6 Å².